The highest BCUT2D eigenvalue weighted by Gasteiger charge is 2.52. The van der Waals surface area contributed by atoms with Crippen LogP contribution in [0.2, 0.25) is 0 Å². The summed E-state index contributed by atoms with van der Waals surface area (Å²) in [5.74, 6) is 1.95. The van der Waals surface area contributed by atoms with E-state index in [1.807, 2.05) is 36.4 Å². The fourth-order valence-corrected chi connectivity index (χ4v) is 11.9. The minimum Gasteiger partial charge on any atom is -0.507 e. The van der Waals surface area contributed by atoms with Gasteiger partial charge in [0.1, 0.15) is 16.9 Å². The van der Waals surface area contributed by atoms with Gasteiger partial charge in [0.25, 0.3) is 0 Å². The van der Waals surface area contributed by atoms with Crippen LogP contribution in [0.25, 0.3) is 101 Å². The molecule has 0 radical (unpaired) electrons. The first-order valence-corrected chi connectivity index (χ1v) is 23.0. The van der Waals surface area contributed by atoms with Crippen LogP contribution in [0.4, 0.5) is 0 Å². The van der Waals surface area contributed by atoms with Gasteiger partial charge in [-0.15, -0.1) is 0 Å². The van der Waals surface area contributed by atoms with Gasteiger partial charge in [0, 0.05) is 32.9 Å². The number of nitrogens with zero attached hydrogens (tertiary/aromatic N) is 3. The molecule has 11 aromatic rings. The van der Waals surface area contributed by atoms with Crippen LogP contribution in [-0.4, -0.2) is 20.1 Å². The van der Waals surface area contributed by atoms with E-state index in [9.17, 15) is 5.11 Å². The van der Waals surface area contributed by atoms with Gasteiger partial charge < -0.3 is 9.52 Å². The van der Waals surface area contributed by atoms with Crippen LogP contribution >= 0.6 is 0 Å². The third-order valence-electron chi connectivity index (χ3n) is 15.0. The summed E-state index contributed by atoms with van der Waals surface area (Å²) in [4.78, 5) is 16.1. The maximum Gasteiger partial charge on any atom is 0.167 e. The number of benzene rings is 9. The van der Waals surface area contributed by atoms with Gasteiger partial charge in [0.05, 0.1) is 11.0 Å². The molecule has 5 heteroatoms. The Morgan fingerprint density at radius 2 is 0.896 bits per heavy atom. The van der Waals surface area contributed by atoms with Crippen LogP contribution in [0.5, 0.6) is 5.75 Å². The number of furan rings is 1. The Labute approximate surface area is 387 Å². The largest absolute Gasteiger partial charge is 0.507 e. The van der Waals surface area contributed by atoms with Gasteiger partial charge in [-0.25, -0.2) is 15.0 Å². The lowest BCUT2D eigenvalue weighted by Crippen LogP contribution is -2.26. The van der Waals surface area contributed by atoms with E-state index in [4.69, 9.17) is 19.4 Å². The fraction of sp³-hybridized carbons (Fsp3) is 0.0806. The Hall–Kier alpha value is -8.41. The summed E-state index contributed by atoms with van der Waals surface area (Å²) < 4.78 is 6.62. The van der Waals surface area contributed by atoms with E-state index in [2.05, 4.69) is 172 Å². The van der Waals surface area contributed by atoms with Gasteiger partial charge in [-0.05, 0) is 121 Å². The molecular formula is C62H41N3O2. The highest BCUT2D eigenvalue weighted by Crippen LogP contribution is 2.64. The van der Waals surface area contributed by atoms with E-state index >= 15 is 0 Å². The molecule has 2 aromatic heterocycles. The zero-order chi connectivity index (χ0) is 44.8. The fourth-order valence-electron chi connectivity index (χ4n) is 11.9. The van der Waals surface area contributed by atoms with Crippen molar-refractivity contribution >= 4 is 21.9 Å². The molecule has 0 saturated carbocycles. The van der Waals surface area contributed by atoms with Crippen LogP contribution in [0.15, 0.2) is 192 Å². The predicted molar refractivity (Wildman–Crippen MR) is 269 cm³/mol. The number of para-hydroxylation sites is 2. The zero-order valence-electron chi connectivity index (χ0n) is 37.1. The van der Waals surface area contributed by atoms with Crippen molar-refractivity contribution in [2.24, 2.45) is 0 Å². The van der Waals surface area contributed by atoms with Crippen LogP contribution in [0.1, 0.15) is 52.8 Å². The van der Waals surface area contributed by atoms with E-state index in [0.717, 1.165) is 77.6 Å². The third-order valence-corrected chi connectivity index (χ3v) is 15.0. The lowest BCUT2D eigenvalue weighted by Gasteiger charge is -2.31. The van der Waals surface area contributed by atoms with Gasteiger partial charge in [0.2, 0.25) is 0 Å². The number of phenols is 1. The summed E-state index contributed by atoms with van der Waals surface area (Å²) in [6.07, 6.45) is 0. The van der Waals surface area contributed by atoms with E-state index in [0.29, 0.717) is 17.5 Å². The molecule has 1 N–H and O–H groups in total. The lowest BCUT2D eigenvalue weighted by atomic mass is 9.70. The second-order valence-electron chi connectivity index (χ2n) is 18.8. The number of fused-ring (bicyclic) bond motifs is 16. The molecule has 0 saturated heterocycles. The number of phenolic OH excluding ortho intramolecular Hbond substituents is 1. The van der Waals surface area contributed by atoms with Crippen molar-refractivity contribution < 1.29 is 9.52 Å². The Bertz CT molecular complexity index is 3900. The Kier molecular flexibility index (Phi) is 7.68. The number of aromatic hydroxyl groups is 1. The molecule has 0 unspecified atom stereocenters. The highest BCUT2D eigenvalue weighted by atomic mass is 16.3. The average Bonchev–Trinajstić information content (AvgIpc) is 4.05. The molecule has 316 valence electrons. The summed E-state index contributed by atoms with van der Waals surface area (Å²) >= 11 is 0. The van der Waals surface area contributed by atoms with E-state index in [1.165, 1.54) is 44.5 Å². The lowest BCUT2D eigenvalue weighted by molar-refractivity contribution is 0.476. The van der Waals surface area contributed by atoms with Crippen LogP contribution in [0.3, 0.4) is 0 Å². The normalized spacial score (nSPS) is 14.2. The number of aromatic nitrogens is 3. The predicted octanol–water partition coefficient (Wildman–Crippen LogP) is 15.1. The van der Waals surface area contributed by atoms with Crippen molar-refractivity contribution in [2.45, 2.75) is 31.6 Å². The first-order valence-electron chi connectivity index (χ1n) is 23.0. The van der Waals surface area contributed by atoms with Gasteiger partial charge in [-0.3, -0.25) is 0 Å². The number of aryl methyl sites for hydroxylation is 1. The van der Waals surface area contributed by atoms with Gasteiger partial charge in [-0.2, -0.15) is 0 Å². The molecule has 0 fully saturated rings. The third kappa shape index (κ3) is 5.11. The molecule has 2 heterocycles. The Morgan fingerprint density at radius 3 is 1.60 bits per heavy atom. The Morgan fingerprint density at radius 1 is 0.388 bits per heavy atom. The monoisotopic (exact) mass is 859 g/mol. The van der Waals surface area contributed by atoms with E-state index < -0.39 is 5.41 Å². The Balaban J connectivity index is 1.03. The second-order valence-corrected chi connectivity index (χ2v) is 18.8. The molecule has 0 aliphatic heterocycles. The zero-order valence-corrected chi connectivity index (χ0v) is 37.1. The highest BCUT2D eigenvalue weighted by molar-refractivity contribution is 6.09. The quantitative estimate of drug-likeness (QED) is 0.191. The molecule has 14 rings (SSSR count). The summed E-state index contributed by atoms with van der Waals surface area (Å²) in [6, 6.07) is 66.4. The SMILES string of the molecule is Cc1ccccc1-c1cc2c(cc1O)C1(c3ccccc3-c3ccccc31)c1cc(-c3nc(-c4ccc5c(c4)C(C)(C)c4ccccc4-5)nc(-c4cccc5c4oc4ccccc45)n3)ccc1-2. The maximum absolute atomic E-state index is 12.1. The van der Waals surface area contributed by atoms with Gasteiger partial charge >= 0.3 is 0 Å². The summed E-state index contributed by atoms with van der Waals surface area (Å²) in [5.41, 5.74) is 20.4. The second kappa shape index (κ2) is 13.6. The van der Waals surface area contributed by atoms with Crippen molar-refractivity contribution in [1.82, 2.24) is 15.0 Å². The van der Waals surface area contributed by atoms with E-state index in [-0.39, 0.29) is 11.2 Å². The van der Waals surface area contributed by atoms with E-state index in [1.54, 1.807) is 0 Å². The van der Waals surface area contributed by atoms with Crippen molar-refractivity contribution in [3.8, 4) is 84.4 Å². The maximum atomic E-state index is 12.1. The first kappa shape index (κ1) is 37.9. The molecule has 3 aliphatic rings. The van der Waals surface area contributed by atoms with Crippen molar-refractivity contribution in [3.05, 3.63) is 227 Å². The molecule has 0 amide bonds. The topological polar surface area (TPSA) is 72.0 Å². The van der Waals surface area contributed by atoms with Gasteiger partial charge in [-0.1, -0.05) is 166 Å². The molecule has 67 heavy (non-hydrogen) atoms. The number of hydrogen-bond donors (Lipinski definition) is 1. The van der Waals surface area contributed by atoms with Gasteiger partial charge in [0.15, 0.2) is 17.5 Å². The molecular weight excluding hydrogens is 819 g/mol. The smallest absolute Gasteiger partial charge is 0.167 e. The molecule has 1 spiro atoms. The average molecular weight is 860 g/mol. The number of hydrogen-bond acceptors (Lipinski definition) is 5. The molecule has 3 aliphatic carbocycles. The number of rotatable bonds is 4. The summed E-state index contributed by atoms with van der Waals surface area (Å²) in [6.45, 7) is 6.70. The minimum atomic E-state index is -0.714. The van der Waals surface area contributed by atoms with Crippen LogP contribution < -0.4 is 0 Å². The van der Waals surface area contributed by atoms with Crippen LogP contribution in [-0.2, 0) is 10.8 Å². The van der Waals surface area contributed by atoms with Crippen molar-refractivity contribution in [3.63, 3.8) is 0 Å². The van der Waals surface area contributed by atoms with Crippen molar-refractivity contribution in [2.75, 3.05) is 0 Å². The molecule has 5 nitrogen and oxygen atoms in total. The molecule has 0 bridgehead atoms. The summed E-state index contributed by atoms with van der Waals surface area (Å²) in [5, 5.41) is 14.2. The van der Waals surface area contributed by atoms with Crippen LogP contribution in [0, 0.1) is 6.92 Å². The minimum absolute atomic E-state index is 0.203. The van der Waals surface area contributed by atoms with Crippen molar-refractivity contribution in [1.29, 1.82) is 0 Å². The standard InChI is InChI=1S/C62H41N3O2/c1-35-15-4-5-16-38(35)48-33-47-43-30-28-37(32-53(43)62(54(47)34-55(48)66)50-24-11-7-18-40(50)41-19-8-12-25-51(41)62)59-63-58(36-27-29-42-39-17-6-10-23-49(39)61(2,3)52(42)31-36)64-60(65-59)46-22-14-21-45-44-20-9-13-26-56(44)67-57(45)46/h4-34,66H,1-3H3. The molecule has 0 atom stereocenters. The first-order chi connectivity index (χ1) is 32.8. The molecule has 9 aromatic carbocycles. The summed E-state index contributed by atoms with van der Waals surface area (Å²) in [7, 11) is 0.